The molecule has 0 bridgehead atoms. The highest BCUT2D eigenvalue weighted by molar-refractivity contribution is 5.69. The van der Waals surface area contributed by atoms with Gasteiger partial charge < -0.3 is 24.3 Å². The molecule has 0 unspecified atom stereocenters. The number of nitrogens with one attached hydrogen (secondary N) is 1. The minimum atomic E-state index is -4.54. The van der Waals surface area contributed by atoms with Gasteiger partial charge in [0.1, 0.15) is 11.4 Å². The number of unbranched alkanes of at least 4 members (excludes halogenated alkanes) is 4. The number of benzene rings is 1. The lowest BCUT2D eigenvalue weighted by atomic mass is 9.91. The maximum Gasteiger partial charge on any atom is 0.419 e. The molecule has 1 fully saturated rings. The van der Waals surface area contributed by atoms with Crippen molar-refractivity contribution in [2.75, 3.05) is 19.8 Å². The van der Waals surface area contributed by atoms with Crippen molar-refractivity contribution in [3.8, 4) is 5.75 Å². The average molecular weight is 518 g/mol. The number of hydrogen-bond donors (Lipinski definition) is 1. The predicted molar refractivity (Wildman–Crippen MR) is 132 cm³/mol. The van der Waals surface area contributed by atoms with E-state index in [-0.39, 0.29) is 32.0 Å². The van der Waals surface area contributed by atoms with Gasteiger partial charge in [-0.15, -0.1) is 0 Å². The lowest BCUT2D eigenvalue weighted by molar-refractivity contribution is -0.271. The molecule has 1 heterocycles. The van der Waals surface area contributed by atoms with Gasteiger partial charge in [-0.25, -0.2) is 4.79 Å². The number of carbonyl (C=O) groups excluding carboxylic acids is 1. The number of hydrogen-bond acceptors (Lipinski definition) is 5. The highest BCUT2D eigenvalue weighted by atomic mass is 19.4. The number of alkyl carbamates (subject to hydrolysis) is 1. The summed E-state index contributed by atoms with van der Waals surface area (Å²) in [6, 6.07) is 4.15. The van der Waals surface area contributed by atoms with Crippen LogP contribution in [0.25, 0.3) is 0 Å². The van der Waals surface area contributed by atoms with Gasteiger partial charge in [0.15, 0.2) is 5.79 Å². The van der Waals surface area contributed by atoms with Crippen LogP contribution in [0.15, 0.2) is 18.2 Å². The van der Waals surface area contributed by atoms with E-state index in [0.29, 0.717) is 18.4 Å². The molecule has 1 aliphatic rings. The number of amides is 1. The summed E-state index contributed by atoms with van der Waals surface area (Å²) in [7, 11) is 0. The molecule has 1 aromatic rings. The Labute approximate surface area is 213 Å². The summed E-state index contributed by atoms with van der Waals surface area (Å²) in [5.74, 6) is -0.979. The summed E-state index contributed by atoms with van der Waals surface area (Å²) < 4.78 is 63.8. The van der Waals surface area contributed by atoms with E-state index < -0.39 is 34.8 Å². The van der Waals surface area contributed by atoms with Crippen molar-refractivity contribution in [1.82, 2.24) is 5.32 Å². The zero-order valence-corrected chi connectivity index (χ0v) is 22.5. The van der Waals surface area contributed by atoms with E-state index in [2.05, 4.69) is 12.2 Å². The summed E-state index contributed by atoms with van der Waals surface area (Å²) in [4.78, 5) is 12.5. The molecule has 1 aliphatic heterocycles. The molecule has 206 valence electrons. The van der Waals surface area contributed by atoms with Gasteiger partial charge >= 0.3 is 12.3 Å². The average Bonchev–Trinajstić information content (AvgIpc) is 2.75. The van der Waals surface area contributed by atoms with E-state index >= 15 is 0 Å². The first kappa shape index (κ1) is 30.2. The van der Waals surface area contributed by atoms with Gasteiger partial charge in [-0.3, -0.25) is 0 Å². The van der Waals surface area contributed by atoms with E-state index in [4.69, 9.17) is 18.9 Å². The van der Waals surface area contributed by atoms with Gasteiger partial charge in [-0.2, -0.15) is 13.2 Å². The highest BCUT2D eigenvalue weighted by Crippen LogP contribution is 2.37. The standard InChI is InChI=1S/C27H42F3NO5/c1-7-8-9-10-11-16-33-22-13-12-20(17-21(22)27(28,29)30)14-15-26(18-34-25(5,6)35-19-26)31-23(32)36-24(2,3)4/h12-13,17H,7-11,14-16,18-19H2,1-6H3,(H,31,32). The van der Waals surface area contributed by atoms with Crippen LogP contribution in [-0.2, 0) is 26.8 Å². The Morgan fingerprint density at radius 3 is 2.28 bits per heavy atom. The van der Waals surface area contributed by atoms with Gasteiger partial charge in [0.05, 0.1) is 30.9 Å². The second kappa shape index (κ2) is 12.5. The SMILES string of the molecule is CCCCCCCOc1ccc(CCC2(NC(=O)OC(C)(C)C)COC(C)(C)OC2)cc1C(F)(F)F. The molecule has 36 heavy (non-hydrogen) atoms. The fourth-order valence-corrected chi connectivity index (χ4v) is 3.86. The highest BCUT2D eigenvalue weighted by Gasteiger charge is 2.42. The maximum absolute atomic E-state index is 13.8. The minimum absolute atomic E-state index is 0.143. The van der Waals surface area contributed by atoms with E-state index in [1.165, 1.54) is 6.07 Å². The Bertz CT molecular complexity index is 839. The van der Waals surface area contributed by atoms with Crippen molar-refractivity contribution in [3.63, 3.8) is 0 Å². The van der Waals surface area contributed by atoms with E-state index in [1.807, 2.05) is 0 Å². The predicted octanol–water partition coefficient (Wildman–Crippen LogP) is 7.03. The summed E-state index contributed by atoms with van der Waals surface area (Å²) in [6.45, 7) is 11.4. The monoisotopic (exact) mass is 517 g/mol. The molecule has 2 rings (SSSR count). The van der Waals surface area contributed by atoms with Crippen molar-refractivity contribution in [1.29, 1.82) is 0 Å². The summed E-state index contributed by atoms with van der Waals surface area (Å²) in [5.41, 5.74) is -1.95. The van der Waals surface area contributed by atoms with E-state index in [1.54, 1.807) is 40.7 Å². The molecule has 9 heteroatoms. The number of alkyl halides is 3. The number of aryl methyl sites for hydroxylation is 1. The Hall–Kier alpha value is -2.00. The molecule has 0 spiro atoms. The van der Waals surface area contributed by atoms with Crippen molar-refractivity contribution in [2.45, 2.75) is 110 Å². The van der Waals surface area contributed by atoms with Crippen LogP contribution >= 0.6 is 0 Å². The Kier molecular flexibility index (Phi) is 10.5. The zero-order chi connectivity index (χ0) is 27.0. The van der Waals surface area contributed by atoms with Crippen molar-refractivity contribution < 1.29 is 36.9 Å². The Morgan fingerprint density at radius 2 is 1.69 bits per heavy atom. The van der Waals surface area contributed by atoms with Gasteiger partial charge in [0, 0.05) is 0 Å². The number of halogens is 3. The summed E-state index contributed by atoms with van der Waals surface area (Å²) in [5, 5.41) is 2.84. The molecule has 0 aliphatic carbocycles. The normalized spacial score (nSPS) is 17.5. The largest absolute Gasteiger partial charge is 0.493 e. The topological polar surface area (TPSA) is 66.0 Å². The molecule has 0 aromatic heterocycles. The van der Waals surface area contributed by atoms with Crippen molar-refractivity contribution in [2.24, 2.45) is 0 Å². The number of carbonyl (C=O) groups is 1. The lowest BCUT2D eigenvalue weighted by Gasteiger charge is -2.44. The summed E-state index contributed by atoms with van der Waals surface area (Å²) >= 11 is 0. The first-order valence-corrected chi connectivity index (χ1v) is 12.8. The van der Waals surface area contributed by atoms with Crippen LogP contribution in [0.4, 0.5) is 18.0 Å². The van der Waals surface area contributed by atoms with Crippen molar-refractivity contribution >= 4 is 6.09 Å². The Balaban J connectivity index is 2.12. The number of ether oxygens (including phenoxy) is 4. The van der Waals surface area contributed by atoms with Gasteiger partial charge in [0.25, 0.3) is 0 Å². The lowest BCUT2D eigenvalue weighted by Crippen LogP contribution is -2.61. The molecule has 0 atom stereocenters. The van der Waals surface area contributed by atoms with Gasteiger partial charge in [0.2, 0.25) is 0 Å². The molecule has 1 aromatic carbocycles. The maximum atomic E-state index is 13.8. The quantitative estimate of drug-likeness (QED) is 0.319. The second-order valence-electron chi connectivity index (χ2n) is 11.0. The van der Waals surface area contributed by atoms with Gasteiger partial charge in [-0.05, 0) is 71.6 Å². The first-order chi connectivity index (χ1) is 16.6. The molecule has 1 saturated heterocycles. The van der Waals surface area contributed by atoms with Crippen LogP contribution in [0.5, 0.6) is 5.75 Å². The molecule has 0 saturated carbocycles. The van der Waals surface area contributed by atoms with Crippen LogP contribution in [-0.4, -0.2) is 42.8 Å². The minimum Gasteiger partial charge on any atom is -0.493 e. The van der Waals surface area contributed by atoms with Crippen LogP contribution in [0.3, 0.4) is 0 Å². The third kappa shape index (κ3) is 10.2. The second-order valence-corrected chi connectivity index (χ2v) is 11.0. The third-order valence-electron chi connectivity index (χ3n) is 5.91. The molecular formula is C27H42F3NO5. The zero-order valence-electron chi connectivity index (χ0n) is 22.5. The first-order valence-electron chi connectivity index (χ1n) is 12.8. The van der Waals surface area contributed by atoms with E-state index in [0.717, 1.165) is 31.7 Å². The van der Waals surface area contributed by atoms with E-state index in [9.17, 15) is 18.0 Å². The molecule has 6 nitrogen and oxygen atoms in total. The van der Waals surface area contributed by atoms with Crippen LogP contribution in [0.2, 0.25) is 0 Å². The van der Waals surface area contributed by atoms with Crippen molar-refractivity contribution in [3.05, 3.63) is 29.3 Å². The Morgan fingerprint density at radius 1 is 1.06 bits per heavy atom. The van der Waals surface area contributed by atoms with Gasteiger partial charge in [-0.1, -0.05) is 38.7 Å². The molecule has 1 N–H and O–H groups in total. The van der Waals surface area contributed by atoms with Crippen LogP contribution < -0.4 is 10.1 Å². The molecule has 1 amide bonds. The van der Waals surface area contributed by atoms with Crippen LogP contribution in [0.1, 0.15) is 91.2 Å². The fraction of sp³-hybridized carbons (Fsp3) is 0.741. The molecule has 0 radical (unpaired) electrons. The number of rotatable bonds is 11. The smallest absolute Gasteiger partial charge is 0.419 e. The summed E-state index contributed by atoms with van der Waals surface area (Å²) in [6.07, 6.45) is 0.310. The third-order valence-corrected chi connectivity index (χ3v) is 5.91. The molecular weight excluding hydrogens is 475 g/mol. The fourth-order valence-electron chi connectivity index (χ4n) is 3.86. The van der Waals surface area contributed by atoms with Crippen LogP contribution in [0, 0.1) is 0 Å².